The Morgan fingerprint density at radius 3 is 2.23 bits per heavy atom. The molecule has 7 nitrogen and oxygen atoms in total. The predicted octanol–water partition coefficient (Wildman–Crippen LogP) is 4.10. The molecule has 0 fully saturated rings. The van der Waals surface area contributed by atoms with E-state index in [-0.39, 0.29) is 10.6 Å². The quantitative estimate of drug-likeness (QED) is 0.550. The van der Waals surface area contributed by atoms with E-state index in [1.807, 2.05) is 30.3 Å². The van der Waals surface area contributed by atoms with Gasteiger partial charge in [-0.2, -0.15) is 4.72 Å². The fraction of sp³-hybridized carbons (Fsp3) is 0.174. The summed E-state index contributed by atoms with van der Waals surface area (Å²) in [6.07, 6.45) is 0. The molecule has 2 N–H and O–H groups in total. The first kappa shape index (κ1) is 22.3. The smallest absolute Gasteiger partial charge is 0.244 e. The highest BCUT2D eigenvalue weighted by atomic mass is 32.2. The molecule has 0 radical (unpaired) electrons. The number of rotatable bonds is 8. The van der Waals surface area contributed by atoms with Crippen molar-refractivity contribution in [1.29, 1.82) is 0 Å². The zero-order chi connectivity index (χ0) is 22.4. The predicted molar refractivity (Wildman–Crippen MR) is 119 cm³/mol. The molecule has 0 bridgehead atoms. The van der Waals surface area contributed by atoms with Crippen LogP contribution in [0.5, 0.6) is 17.2 Å². The second kappa shape index (κ2) is 9.63. The molecular weight excluding hydrogens is 416 g/mol. The Morgan fingerprint density at radius 1 is 0.935 bits per heavy atom. The van der Waals surface area contributed by atoms with Crippen LogP contribution in [0.1, 0.15) is 12.5 Å². The van der Waals surface area contributed by atoms with Gasteiger partial charge in [0, 0.05) is 5.69 Å². The number of hydrogen-bond donors (Lipinski definition) is 2. The number of nitrogens with one attached hydrogen (secondary N) is 2. The van der Waals surface area contributed by atoms with E-state index < -0.39 is 22.0 Å². The van der Waals surface area contributed by atoms with E-state index >= 15 is 0 Å². The summed E-state index contributed by atoms with van der Waals surface area (Å²) < 4.78 is 38.8. The number of amides is 1. The molecule has 0 spiro atoms. The van der Waals surface area contributed by atoms with Gasteiger partial charge in [0.1, 0.15) is 22.1 Å². The van der Waals surface area contributed by atoms with Crippen LogP contribution in [0.15, 0.2) is 77.7 Å². The highest BCUT2D eigenvalue weighted by molar-refractivity contribution is 7.89. The standard InChI is InChI=1S/C23H24N2O5S/c1-16-9-14-21(29-3)22(15-16)31(27,28)25-17(2)23(26)24-18-10-12-20(13-11-18)30-19-7-5-4-6-8-19/h4-15,17,25H,1-3H3,(H,24,26)/t17-/m0/s1. The van der Waals surface area contributed by atoms with Gasteiger partial charge in [0.2, 0.25) is 15.9 Å². The van der Waals surface area contributed by atoms with Crippen molar-refractivity contribution >= 4 is 21.6 Å². The topological polar surface area (TPSA) is 93.7 Å². The molecule has 3 rings (SSSR count). The van der Waals surface area contributed by atoms with E-state index in [9.17, 15) is 13.2 Å². The van der Waals surface area contributed by atoms with Crippen molar-refractivity contribution in [3.05, 3.63) is 78.4 Å². The fourth-order valence-corrected chi connectivity index (χ4v) is 4.28. The normalized spacial score (nSPS) is 12.1. The number of aryl methyl sites for hydroxylation is 1. The van der Waals surface area contributed by atoms with Gasteiger partial charge in [0.15, 0.2) is 0 Å². The van der Waals surface area contributed by atoms with Crippen LogP contribution < -0.4 is 19.5 Å². The lowest BCUT2D eigenvalue weighted by molar-refractivity contribution is -0.117. The Morgan fingerprint density at radius 2 is 1.58 bits per heavy atom. The molecule has 162 valence electrons. The molecule has 0 saturated carbocycles. The fourth-order valence-electron chi connectivity index (χ4n) is 2.83. The van der Waals surface area contributed by atoms with Crippen LogP contribution in [0, 0.1) is 6.92 Å². The summed E-state index contributed by atoms with van der Waals surface area (Å²) in [5, 5.41) is 2.69. The molecule has 1 atom stereocenters. The number of benzene rings is 3. The van der Waals surface area contributed by atoms with E-state index in [1.54, 1.807) is 43.3 Å². The number of para-hydroxylation sites is 1. The summed E-state index contributed by atoms with van der Waals surface area (Å²) in [4.78, 5) is 12.5. The molecule has 31 heavy (non-hydrogen) atoms. The largest absolute Gasteiger partial charge is 0.495 e. The summed E-state index contributed by atoms with van der Waals surface area (Å²) >= 11 is 0. The molecule has 1 amide bonds. The third-order valence-corrected chi connectivity index (χ3v) is 6.00. The summed E-state index contributed by atoms with van der Waals surface area (Å²) in [6.45, 7) is 3.25. The SMILES string of the molecule is COc1ccc(C)cc1S(=O)(=O)N[C@@H](C)C(=O)Nc1ccc(Oc2ccccc2)cc1. The minimum absolute atomic E-state index is 0.0166. The van der Waals surface area contributed by atoms with Gasteiger partial charge >= 0.3 is 0 Å². The van der Waals surface area contributed by atoms with Gasteiger partial charge in [-0.15, -0.1) is 0 Å². The second-order valence-corrected chi connectivity index (χ2v) is 8.61. The van der Waals surface area contributed by atoms with Gasteiger partial charge < -0.3 is 14.8 Å². The first-order valence-electron chi connectivity index (χ1n) is 9.59. The maximum atomic E-state index is 12.8. The monoisotopic (exact) mass is 440 g/mol. The lowest BCUT2D eigenvalue weighted by Crippen LogP contribution is -2.41. The van der Waals surface area contributed by atoms with Gasteiger partial charge in [0.25, 0.3) is 0 Å². The Kier molecular flexibility index (Phi) is 6.94. The molecule has 0 unspecified atom stereocenters. The van der Waals surface area contributed by atoms with Crippen molar-refractivity contribution in [2.24, 2.45) is 0 Å². The van der Waals surface area contributed by atoms with Crippen molar-refractivity contribution in [2.75, 3.05) is 12.4 Å². The number of methoxy groups -OCH3 is 1. The molecule has 0 heterocycles. The average Bonchev–Trinajstić information content (AvgIpc) is 2.75. The highest BCUT2D eigenvalue weighted by Gasteiger charge is 2.25. The minimum atomic E-state index is -3.96. The number of sulfonamides is 1. The molecule has 0 aliphatic carbocycles. The van der Waals surface area contributed by atoms with Crippen LogP contribution >= 0.6 is 0 Å². The van der Waals surface area contributed by atoms with Gasteiger partial charge in [0.05, 0.1) is 13.2 Å². The molecule has 0 aliphatic rings. The first-order valence-corrected chi connectivity index (χ1v) is 11.1. The molecule has 3 aromatic rings. The number of ether oxygens (including phenoxy) is 2. The van der Waals surface area contributed by atoms with Crippen LogP contribution in [0.4, 0.5) is 5.69 Å². The number of carbonyl (C=O) groups excluding carboxylic acids is 1. The van der Waals surface area contributed by atoms with Crippen LogP contribution in [-0.4, -0.2) is 27.5 Å². The van der Waals surface area contributed by atoms with Gasteiger partial charge in [-0.3, -0.25) is 4.79 Å². The molecule has 3 aromatic carbocycles. The Bertz CT molecular complexity index is 1150. The van der Waals surface area contributed by atoms with Gasteiger partial charge in [-0.1, -0.05) is 24.3 Å². The first-order chi connectivity index (χ1) is 14.8. The van der Waals surface area contributed by atoms with Crippen LogP contribution in [0.2, 0.25) is 0 Å². The van der Waals surface area contributed by atoms with Crippen LogP contribution in [-0.2, 0) is 14.8 Å². The minimum Gasteiger partial charge on any atom is -0.495 e. The van der Waals surface area contributed by atoms with E-state index in [0.29, 0.717) is 17.2 Å². The third kappa shape index (κ3) is 5.84. The second-order valence-electron chi connectivity index (χ2n) is 6.93. The van der Waals surface area contributed by atoms with Gasteiger partial charge in [-0.25, -0.2) is 8.42 Å². The Labute approximate surface area is 182 Å². The van der Waals surface area contributed by atoms with E-state index in [2.05, 4.69) is 10.0 Å². The zero-order valence-electron chi connectivity index (χ0n) is 17.5. The van der Waals surface area contributed by atoms with Crippen LogP contribution in [0.25, 0.3) is 0 Å². The molecule has 8 heteroatoms. The number of carbonyl (C=O) groups is 1. The number of anilines is 1. The average molecular weight is 441 g/mol. The van der Waals surface area contributed by atoms with E-state index in [4.69, 9.17) is 9.47 Å². The van der Waals surface area contributed by atoms with Crippen molar-refractivity contribution in [3.63, 3.8) is 0 Å². The maximum absolute atomic E-state index is 12.8. The third-order valence-electron chi connectivity index (χ3n) is 4.43. The molecule has 0 aromatic heterocycles. The summed E-state index contributed by atoms with van der Waals surface area (Å²) in [7, 11) is -2.57. The molecule has 0 aliphatic heterocycles. The summed E-state index contributed by atoms with van der Waals surface area (Å²) in [6, 6.07) is 19.9. The zero-order valence-corrected chi connectivity index (χ0v) is 18.3. The van der Waals surface area contributed by atoms with Crippen LogP contribution in [0.3, 0.4) is 0 Å². The van der Waals surface area contributed by atoms with Crippen molar-refractivity contribution < 1.29 is 22.7 Å². The Hall–Kier alpha value is -3.36. The Balaban J connectivity index is 1.64. The van der Waals surface area contributed by atoms with Gasteiger partial charge in [-0.05, 0) is 67.9 Å². The van der Waals surface area contributed by atoms with Crippen molar-refractivity contribution in [1.82, 2.24) is 4.72 Å². The maximum Gasteiger partial charge on any atom is 0.244 e. The number of hydrogen-bond acceptors (Lipinski definition) is 5. The molecular formula is C23H24N2O5S. The summed E-state index contributed by atoms with van der Waals surface area (Å²) in [5.74, 6) is 1.03. The van der Waals surface area contributed by atoms with E-state index in [1.165, 1.54) is 20.1 Å². The van der Waals surface area contributed by atoms with E-state index in [0.717, 1.165) is 5.56 Å². The highest BCUT2D eigenvalue weighted by Crippen LogP contribution is 2.25. The molecule has 0 saturated heterocycles. The lowest BCUT2D eigenvalue weighted by atomic mass is 10.2. The van der Waals surface area contributed by atoms with Crippen molar-refractivity contribution in [3.8, 4) is 17.2 Å². The van der Waals surface area contributed by atoms with Crippen molar-refractivity contribution in [2.45, 2.75) is 24.8 Å². The summed E-state index contributed by atoms with van der Waals surface area (Å²) in [5.41, 5.74) is 1.28. The lowest BCUT2D eigenvalue weighted by Gasteiger charge is -2.16.